The quantitative estimate of drug-likeness (QED) is 0.392. The maximum absolute atomic E-state index is 6.09. The van der Waals surface area contributed by atoms with Crippen LogP contribution in [0.25, 0.3) is 22.3 Å². The van der Waals surface area contributed by atoms with Crippen molar-refractivity contribution in [1.29, 1.82) is 0 Å². The Hall–Kier alpha value is -2.31. The van der Waals surface area contributed by atoms with Crippen molar-refractivity contribution in [3.63, 3.8) is 0 Å². The van der Waals surface area contributed by atoms with Crippen LogP contribution < -0.4 is 0 Å². The van der Waals surface area contributed by atoms with E-state index in [1.54, 1.807) is 0 Å². The van der Waals surface area contributed by atoms with Crippen LogP contribution in [0.4, 0.5) is 0 Å². The minimum atomic E-state index is -0.00385. The fourth-order valence-electron chi connectivity index (χ4n) is 5.42. The van der Waals surface area contributed by atoms with Crippen LogP contribution in [0.1, 0.15) is 43.7 Å². The van der Waals surface area contributed by atoms with Crippen molar-refractivity contribution in [2.75, 3.05) is 0 Å². The Morgan fingerprint density at radius 1 is 0.929 bits per heavy atom. The van der Waals surface area contributed by atoms with Crippen LogP contribution in [-0.4, -0.2) is 0 Å². The summed E-state index contributed by atoms with van der Waals surface area (Å²) in [5, 5.41) is 0.776. The summed E-state index contributed by atoms with van der Waals surface area (Å²) in [4.78, 5) is 0. The highest BCUT2D eigenvalue weighted by Gasteiger charge is 2.47. The van der Waals surface area contributed by atoms with E-state index in [1.165, 1.54) is 58.2 Å². The van der Waals surface area contributed by atoms with Gasteiger partial charge in [0, 0.05) is 10.4 Å². The molecule has 0 N–H and O–H groups in total. The Morgan fingerprint density at radius 2 is 1.64 bits per heavy atom. The van der Waals surface area contributed by atoms with Crippen LogP contribution >= 0.6 is 11.6 Å². The van der Waals surface area contributed by atoms with Gasteiger partial charge in [0.15, 0.2) is 0 Å². The van der Waals surface area contributed by atoms with Gasteiger partial charge in [-0.05, 0) is 76.8 Å². The van der Waals surface area contributed by atoms with Gasteiger partial charge in [-0.1, -0.05) is 85.6 Å². The van der Waals surface area contributed by atoms with E-state index in [0.717, 1.165) is 17.4 Å². The molecule has 0 nitrogen and oxygen atoms in total. The molecular formula is C27H25Cl. The van der Waals surface area contributed by atoms with Gasteiger partial charge in [0.2, 0.25) is 0 Å². The fraction of sp³-hybridized carbons (Fsp3) is 0.259. The van der Waals surface area contributed by atoms with Gasteiger partial charge < -0.3 is 0 Å². The molecule has 28 heavy (non-hydrogen) atoms. The van der Waals surface area contributed by atoms with Crippen molar-refractivity contribution < 1.29 is 0 Å². The van der Waals surface area contributed by atoms with Crippen LogP contribution in [0, 0.1) is 5.92 Å². The molecule has 3 aromatic carbocycles. The maximum atomic E-state index is 6.09. The Labute approximate surface area is 172 Å². The summed E-state index contributed by atoms with van der Waals surface area (Å²) in [6.07, 6.45) is 4.85. The van der Waals surface area contributed by atoms with Crippen LogP contribution in [0.5, 0.6) is 0 Å². The molecule has 2 unspecified atom stereocenters. The van der Waals surface area contributed by atoms with E-state index in [9.17, 15) is 0 Å². The van der Waals surface area contributed by atoms with Crippen molar-refractivity contribution in [2.45, 2.75) is 38.0 Å². The summed E-state index contributed by atoms with van der Waals surface area (Å²) in [5.41, 5.74) is 9.51. The summed E-state index contributed by atoms with van der Waals surface area (Å²) in [7, 11) is 0. The summed E-state index contributed by atoms with van der Waals surface area (Å²) < 4.78 is 0. The molecule has 0 amide bonds. The monoisotopic (exact) mass is 384 g/mol. The van der Waals surface area contributed by atoms with Gasteiger partial charge in [0.1, 0.15) is 0 Å². The van der Waals surface area contributed by atoms with Crippen LogP contribution in [0.3, 0.4) is 0 Å². The second kappa shape index (κ2) is 6.64. The highest BCUT2D eigenvalue weighted by molar-refractivity contribution is 6.30. The predicted octanol–water partition coefficient (Wildman–Crippen LogP) is 8.04. The first-order valence-corrected chi connectivity index (χ1v) is 10.7. The zero-order valence-electron chi connectivity index (χ0n) is 16.3. The lowest BCUT2D eigenvalue weighted by molar-refractivity contribution is 0.338. The molecular weight excluding hydrogens is 360 g/mol. The van der Waals surface area contributed by atoms with E-state index in [2.05, 4.69) is 68.1 Å². The number of allylic oxidation sites excluding steroid dienone is 1. The fourth-order valence-corrected chi connectivity index (χ4v) is 5.54. The Balaban J connectivity index is 1.68. The van der Waals surface area contributed by atoms with E-state index in [1.807, 2.05) is 12.1 Å². The molecule has 2 atom stereocenters. The van der Waals surface area contributed by atoms with Crippen molar-refractivity contribution in [2.24, 2.45) is 5.92 Å². The number of fused-ring (bicyclic) bond motifs is 5. The Kier molecular flexibility index (Phi) is 4.21. The summed E-state index contributed by atoms with van der Waals surface area (Å²) in [6, 6.07) is 24.1. The lowest BCUT2D eigenvalue weighted by Crippen LogP contribution is -2.33. The van der Waals surface area contributed by atoms with E-state index < -0.39 is 0 Å². The highest BCUT2D eigenvalue weighted by Crippen LogP contribution is 2.58. The van der Waals surface area contributed by atoms with E-state index >= 15 is 0 Å². The summed E-state index contributed by atoms with van der Waals surface area (Å²) in [5.74, 6) is 0.780. The number of halogens is 1. The van der Waals surface area contributed by atoms with Crippen molar-refractivity contribution in [1.82, 2.24) is 0 Å². The lowest BCUT2D eigenvalue weighted by Gasteiger charge is -2.41. The largest absolute Gasteiger partial charge is 0.0986 e. The molecule has 2 aliphatic carbocycles. The molecule has 1 spiro atoms. The molecule has 1 saturated carbocycles. The van der Waals surface area contributed by atoms with Gasteiger partial charge in [-0.25, -0.2) is 0 Å². The zero-order chi connectivity index (χ0) is 19.3. The molecule has 1 heteroatoms. The van der Waals surface area contributed by atoms with Crippen LogP contribution in [-0.2, 0) is 5.41 Å². The maximum Gasteiger partial charge on any atom is 0.0421 e. The molecule has 0 bridgehead atoms. The molecule has 0 aliphatic heterocycles. The van der Waals surface area contributed by atoms with E-state index in [0.29, 0.717) is 0 Å². The highest BCUT2D eigenvalue weighted by atomic mass is 35.5. The summed E-state index contributed by atoms with van der Waals surface area (Å²) >= 11 is 6.09. The third-order valence-electron chi connectivity index (χ3n) is 6.98. The second-order valence-electron chi connectivity index (χ2n) is 8.34. The molecule has 3 aromatic rings. The third-order valence-corrected chi connectivity index (χ3v) is 7.23. The molecule has 1 fully saturated rings. The molecule has 0 aromatic heterocycles. The molecule has 2 aliphatic rings. The first-order chi connectivity index (χ1) is 13.6. The van der Waals surface area contributed by atoms with Crippen LogP contribution in [0.15, 0.2) is 78.9 Å². The topological polar surface area (TPSA) is 0 Å². The summed E-state index contributed by atoms with van der Waals surface area (Å²) in [6.45, 7) is 6.93. The molecule has 140 valence electrons. The third kappa shape index (κ3) is 2.51. The van der Waals surface area contributed by atoms with Gasteiger partial charge >= 0.3 is 0 Å². The average molecular weight is 385 g/mol. The molecule has 5 rings (SSSR count). The molecule has 0 radical (unpaired) electrons. The Morgan fingerprint density at radius 3 is 2.39 bits per heavy atom. The first-order valence-electron chi connectivity index (χ1n) is 10.3. The minimum absolute atomic E-state index is 0.00385. The SMILES string of the molecule is C=C1CC(CC)CCC12c1ccccc1-c1cc(-c3ccc(Cl)cc3)ccc12. The minimum Gasteiger partial charge on any atom is -0.0986 e. The number of benzene rings is 3. The smallest absolute Gasteiger partial charge is 0.0421 e. The number of hydrogen-bond donors (Lipinski definition) is 0. The van der Waals surface area contributed by atoms with Crippen molar-refractivity contribution in [3.05, 3.63) is 95.0 Å². The predicted molar refractivity (Wildman–Crippen MR) is 120 cm³/mol. The van der Waals surface area contributed by atoms with Crippen LogP contribution in [0.2, 0.25) is 5.02 Å². The molecule has 0 heterocycles. The lowest BCUT2D eigenvalue weighted by atomic mass is 9.62. The average Bonchev–Trinajstić information content (AvgIpc) is 3.01. The Bertz CT molecular complexity index is 1060. The van der Waals surface area contributed by atoms with Gasteiger partial charge in [0.25, 0.3) is 0 Å². The second-order valence-corrected chi connectivity index (χ2v) is 8.78. The van der Waals surface area contributed by atoms with Gasteiger partial charge in [0.05, 0.1) is 0 Å². The van der Waals surface area contributed by atoms with Crippen molar-refractivity contribution in [3.8, 4) is 22.3 Å². The standard InChI is InChI=1S/C27H25Cl/c1-3-19-14-15-27(18(2)16-19)25-7-5-4-6-23(25)24-17-21(10-13-26(24)27)20-8-11-22(28)12-9-20/h4-13,17,19H,2-3,14-16H2,1H3. The van der Waals surface area contributed by atoms with Crippen molar-refractivity contribution >= 4 is 11.6 Å². The number of hydrogen-bond acceptors (Lipinski definition) is 0. The van der Waals surface area contributed by atoms with Gasteiger partial charge in [-0.15, -0.1) is 0 Å². The van der Waals surface area contributed by atoms with Gasteiger partial charge in [-0.3, -0.25) is 0 Å². The van der Waals surface area contributed by atoms with E-state index in [-0.39, 0.29) is 5.41 Å². The van der Waals surface area contributed by atoms with Gasteiger partial charge in [-0.2, -0.15) is 0 Å². The first kappa shape index (κ1) is 17.8. The number of rotatable bonds is 2. The zero-order valence-corrected chi connectivity index (χ0v) is 17.1. The normalized spacial score (nSPS) is 22.9. The molecule has 0 saturated heterocycles. The van der Waals surface area contributed by atoms with E-state index in [4.69, 9.17) is 11.6 Å².